The van der Waals surface area contributed by atoms with Crippen LogP contribution in [0.3, 0.4) is 0 Å². The molecule has 0 aliphatic heterocycles. The largest absolute Gasteiger partial charge is 0.350 e. The van der Waals surface area contributed by atoms with Crippen LogP contribution in [0.2, 0.25) is 10.0 Å². The number of nitrogens with zero attached hydrogens (tertiary/aromatic N) is 2. The highest BCUT2D eigenvalue weighted by molar-refractivity contribution is 6.34. The predicted octanol–water partition coefficient (Wildman–Crippen LogP) is 3.15. The zero-order chi connectivity index (χ0) is 15.0. The van der Waals surface area contributed by atoms with Crippen molar-refractivity contribution in [1.29, 1.82) is 0 Å². The first-order chi connectivity index (χ1) is 10.0. The molecule has 1 N–H and O–H groups in total. The standard InChI is InChI=1S/C15H15Cl2N3O/c1-20-12(2-3-19-20)8-18-15(21)14-7-13(14)9-4-10(16)6-11(17)5-9/h2-6,13-14H,7-8H2,1H3,(H,18,21)/t13-,14+/m0/s1. The van der Waals surface area contributed by atoms with E-state index < -0.39 is 0 Å². The molecule has 110 valence electrons. The fraction of sp³-hybridized carbons (Fsp3) is 0.333. The molecule has 0 radical (unpaired) electrons. The van der Waals surface area contributed by atoms with Crippen molar-refractivity contribution in [1.82, 2.24) is 15.1 Å². The van der Waals surface area contributed by atoms with E-state index in [1.165, 1.54) is 0 Å². The van der Waals surface area contributed by atoms with Crippen LogP contribution in [-0.2, 0) is 18.4 Å². The summed E-state index contributed by atoms with van der Waals surface area (Å²) in [6.45, 7) is 0.495. The summed E-state index contributed by atoms with van der Waals surface area (Å²) in [4.78, 5) is 12.2. The fourth-order valence-electron chi connectivity index (χ4n) is 2.53. The third-order valence-corrected chi connectivity index (χ3v) is 4.24. The van der Waals surface area contributed by atoms with Crippen molar-refractivity contribution >= 4 is 29.1 Å². The minimum absolute atomic E-state index is 0.00719. The van der Waals surface area contributed by atoms with Gasteiger partial charge < -0.3 is 5.32 Å². The van der Waals surface area contributed by atoms with Gasteiger partial charge in [-0.3, -0.25) is 9.48 Å². The second-order valence-electron chi connectivity index (χ2n) is 5.32. The van der Waals surface area contributed by atoms with Gasteiger partial charge >= 0.3 is 0 Å². The molecule has 0 bridgehead atoms. The number of hydrogen-bond acceptors (Lipinski definition) is 2. The lowest BCUT2D eigenvalue weighted by Crippen LogP contribution is -2.25. The van der Waals surface area contributed by atoms with Crippen LogP contribution in [0.25, 0.3) is 0 Å². The third-order valence-electron chi connectivity index (χ3n) is 3.81. The van der Waals surface area contributed by atoms with Crippen LogP contribution in [0.5, 0.6) is 0 Å². The number of benzene rings is 1. The Morgan fingerprint density at radius 1 is 1.38 bits per heavy atom. The van der Waals surface area contributed by atoms with E-state index in [0.717, 1.165) is 17.7 Å². The minimum Gasteiger partial charge on any atom is -0.350 e. The number of amides is 1. The van der Waals surface area contributed by atoms with Crippen LogP contribution < -0.4 is 5.32 Å². The summed E-state index contributed by atoms with van der Waals surface area (Å²) >= 11 is 12.0. The van der Waals surface area contributed by atoms with Crippen molar-refractivity contribution in [2.75, 3.05) is 0 Å². The highest BCUT2D eigenvalue weighted by atomic mass is 35.5. The Bertz CT molecular complexity index is 663. The third kappa shape index (κ3) is 3.22. The molecule has 3 rings (SSSR count). The van der Waals surface area contributed by atoms with Gasteiger partial charge in [-0.25, -0.2) is 0 Å². The van der Waals surface area contributed by atoms with E-state index >= 15 is 0 Å². The molecule has 1 aromatic heterocycles. The first-order valence-electron chi connectivity index (χ1n) is 6.75. The van der Waals surface area contributed by atoms with Crippen molar-refractivity contribution in [3.63, 3.8) is 0 Å². The Hall–Kier alpha value is -1.52. The van der Waals surface area contributed by atoms with E-state index in [0.29, 0.717) is 16.6 Å². The van der Waals surface area contributed by atoms with Crippen LogP contribution in [-0.4, -0.2) is 15.7 Å². The van der Waals surface area contributed by atoms with Crippen molar-refractivity contribution < 1.29 is 4.79 Å². The number of carbonyl (C=O) groups is 1. The Labute approximate surface area is 133 Å². The topological polar surface area (TPSA) is 46.9 Å². The highest BCUT2D eigenvalue weighted by Gasteiger charge is 2.44. The molecule has 4 nitrogen and oxygen atoms in total. The normalized spacial score (nSPS) is 20.3. The summed E-state index contributed by atoms with van der Waals surface area (Å²) in [5.41, 5.74) is 2.01. The number of halogens is 2. The Kier molecular flexibility index (Phi) is 3.91. The molecular weight excluding hydrogens is 309 g/mol. The zero-order valence-electron chi connectivity index (χ0n) is 11.5. The van der Waals surface area contributed by atoms with Gasteiger partial charge in [0.2, 0.25) is 5.91 Å². The van der Waals surface area contributed by atoms with Crippen LogP contribution in [0, 0.1) is 5.92 Å². The predicted molar refractivity (Wildman–Crippen MR) is 82.4 cm³/mol. The van der Waals surface area contributed by atoms with E-state index in [1.807, 2.05) is 25.2 Å². The molecule has 0 saturated heterocycles. The van der Waals surface area contributed by atoms with Gasteiger partial charge in [0, 0.05) is 29.2 Å². The van der Waals surface area contributed by atoms with Crippen LogP contribution >= 0.6 is 23.2 Å². The van der Waals surface area contributed by atoms with Gasteiger partial charge in [0.05, 0.1) is 12.2 Å². The van der Waals surface area contributed by atoms with Crippen molar-refractivity contribution in [3.8, 4) is 0 Å². The van der Waals surface area contributed by atoms with Gasteiger partial charge in [0.25, 0.3) is 0 Å². The molecular formula is C15H15Cl2N3O. The summed E-state index contributed by atoms with van der Waals surface area (Å²) in [6, 6.07) is 7.35. The highest BCUT2D eigenvalue weighted by Crippen LogP contribution is 2.48. The molecule has 1 aliphatic rings. The van der Waals surface area contributed by atoms with Gasteiger partial charge in [0.1, 0.15) is 0 Å². The van der Waals surface area contributed by atoms with E-state index in [4.69, 9.17) is 23.2 Å². The monoisotopic (exact) mass is 323 g/mol. The molecule has 0 spiro atoms. The molecule has 1 saturated carbocycles. The Morgan fingerprint density at radius 2 is 2.10 bits per heavy atom. The minimum atomic E-state index is 0.00719. The van der Waals surface area contributed by atoms with Crippen molar-refractivity contribution in [3.05, 3.63) is 51.8 Å². The quantitative estimate of drug-likeness (QED) is 0.939. The maximum Gasteiger partial charge on any atom is 0.224 e. The lowest BCUT2D eigenvalue weighted by atomic mass is 10.1. The molecule has 1 aromatic carbocycles. The zero-order valence-corrected chi connectivity index (χ0v) is 13.0. The Morgan fingerprint density at radius 3 is 2.71 bits per heavy atom. The number of nitrogens with one attached hydrogen (secondary N) is 1. The molecule has 2 atom stereocenters. The number of aryl methyl sites for hydroxylation is 1. The molecule has 1 fully saturated rings. The van der Waals surface area contributed by atoms with Gasteiger partial charge in [-0.15, -0.1) is 0 Å². The van der Waals surface area contributed by atoms with E-state index in [-0.39, 0.29) is 17.7 Å². The molecule has 6 heteroatoms. The summed E-state index contributed by atoms with van der Waals surface area (Å²) < 4.78 is 1.75. The summed E-state index contributed by atoms with van der Waals surface area (Å²) in [7, 11) is 1.86. The lowest BCUT2D eigenvalue weighted by molar-refractivity contribution is -0.122. The fourth-order valence-corrected chi connectivity index (χ4v) is 3.07. The molecule has 1 amide bonds. The van der Waals surface area contributed by atoms with E-state index in [9.17, 15) is 4.79 Å². The van der Waals surface area contributed by atoms with E-state index in [1.54, 1.807) is 16.9 Å². The Balaban J connectivity index is 1.59. The van der Waals surface area contributed by atoms with Crippen LogP contribution in [0.1, 0.15) is 23.6 Å². The number of rotatable bonds is 4. The molecule has 2 aromatic rings. The SMILES string of the molecule is Cn1nccc1CNC(=O)[C@@H]1C[C@H]1c1cc(Cl)cc(Cl)c1. The maximum absolute atomic E-state index is 12.2. The number of aromatic nitrogens is 2. The van der Waals surface area contributed by atoms with Crippen molar-refractivity contribution in [2.45, 2.75) is 18.9 Å². The number of carbonyl (C=O) groups excluding carboxylic acids is 1. The lowest BCUT2D eigenvalue weighted by Gasteiger charge is -2.06. The average Bonchev–Trinajstić information content (AvgIpc) is 3.12. The second kappa shape index (κ2) is 5.70. The summed E-state index contributed by atoms with van der Waals surface area (Å²) in [6.07, 6.45) is 2.56. The van der Waals surface area contributed by atoms with Crippen LogP contribution in [0.4, 0.5) is 0 Å². The van der Waals surface area contributed by atoms with E-state index in [2.05, 4.69) is 10.4 Å². The first kappa shape index (κ1) is 14.4. The van der Waals surface area contributed by atoms with Gasteiger partial charge in [0.15, 0.2) is 0 Å². The smallest absolute Gasteiger partial charge is 0.224 e. The van der Waals surface area contributed by atoms with Gasteiger partial charge in [-0.05, 0) is 42.2 Å². The molecule has 1 aliphatic carbocycles. The molecule has 0 unspecified atom stereocenters. The summed E-state index contributed by atoms with van der Waals surface area (Å²) in [5.74, 6) is 0.290. The van der Waals surface area contributed by atoms with Crippen molar-refractivity contribution in [2.24, 2.45) is 13.0 Å². The van der Waals surface area contributed by atoms with Gasteiger partial charge in [-0.1, -0.05) is 23.2 Å². The maximum atomic E-state index is 12.2. The van der Waals surface area contributed by atoms with Crippen LogP contribution in [0.15, 0.2) is 30.5 Å². The number of hydrogen-bond donors (Lipinski definition) is 1. The first-order valence-corrected chi connectivity index (χ1v) is 7.51. The van der Waals surface area contributed by atoms with Gasteiger partial charge in [-0.2, -0.15) is 5.10 Å². The summed E-state index contributed by atoms with van der Waals surface area (Å²) in [5, 5.41) is 8.24. The molecule has 1 heterocycles. The average molecular weight is 324 g/mol. The molecule has 21 heavy (non-hydrogen) atoms. The second-order valence-corrected chi connectivity index (χ2v) is 6.19.